The summed E-state index contributed by atoms with van der Waals surface area (Å²) < 4.78 is 45.0. The van der Waals surface area contributed by atoms with Crippen molar-refractivity contribution in [3.8, 4) is 5.88 Å². The van der Waals surface area contributed by atoms with Crippen LogP contribution in [0.2, 0.25) is 5.02 Å². The standard InChI is InChI=1S/C16H18ClF3N2O4/c1-9(2)7-26-12-11(17)5-10(6-21-12)13(23)22-4-3-15(8-22,14(24)25)16(18,19)20/h5-6,9H,3-4,7-8H2,1-2H3,(H,24,25). The normalized spacial score (nSPS) is 20.5. The fourth-order valence-electron chi connectivity index (χ4n) is 2.59. The SMILES string of the molecule is CC(C)COc1ncc(C(=O)N2CCC(C(=O)O)(C(F)(F)F)C2)cc1Cl. The van der Waals surface area contributed by atoms with Crippen molar-refractivity contribution in [1.29, 1.82) is 0 Å². The third kappa shape index (κ3) is 3.87. The predicted molar refractivity (Wildman–Crippen MR) is 86.2 cm³/mol. The van der Waals surface area contributed by atoms with Gasteiger partial charge in [-0.1, -0.05) is 25.4 Å². The van der Waals surface area contributed by atoms with E-state index in [1.54, 1.807) is 0 Å². The zero-order valence-corrected chi connectivity index (χ0v) is 14.9. The van der Waals surface area contributed by atoms with E-state index in [0.717, 1.165) is 11.1 Å². The first-order chi connectivity index (χ1) is 12.0. The number of alkyl halides is 3. The molecule has 144 valence electrons. The molecule has 2 rings (SSSR count). The quantitative estimate of drug-likeness (QED) is 0.829. The highest BCUT2D eigenvalue weighted by atomic mass is 35.5. The van der Waals surface area contributed by atoms with Gasteiger partial charge in [-0.05, 0) is 18.4 Å². The highest BCUT2D eigenvalue weighted by molar-refractivity contribution is 6.32. The molecular formula is C16H18ClF3N2O4. The average molecular weight is 395 g/mol. The molecule has 26 heavy (non-hydrogen) atoms. The zero-order chi connectivity index (χ0) is 19.7. The number of carboxylic acids is 1. The molecule has 1 N–H and O–H groups in total. The van der Waals surface area contributed by atoms with E-state index < -0.39 is 36.4 Å². The summed E-state index contributed by atoms with van der Waals surface area (Å²) in [6.45, 7) is 2.93. The van der Waals surface area contributed by atoms with Gasteiger partial charge in [0, 0.05) is 19.3 Å². The molecule has 0 saturated carbocycles. The minimum atomic E-state index is -4.96. The van der Waals surface area contributed by atoms with E-state index in [1.807, 2.05) is 13.8 Å². The second-order valence-electron chi connectivity index (χ2n) is 6.58. The lowest BCUT2D eigenvalue weighted by atomic mass is 9.86. The summed E-state index contributed by atoms with van der Waals surface area (Å²) in [6.07, 6.45) is -4.51. The van der Waals surface area contributed by atoms with Crippen molar-refractivity contribution < 1.29 is 32.6 Å². The van der Waals surface area contributed by atoms with Crippen molar-refractivity contribution in [2.45, 2.75) is 26.4 Å². The Kier molecular flexibility index (Phi) is 5.70. The largest absolute Gasteiger partial charge is 0.481 e. The van der Waals surface area contributed by atoms with Gasteiger partial charge in [-0.15, -0.1) is 0 Å². The van der Waals surface area contributed by atoms with Crippen molar-refractivity contribution >= 4 is 23.5 Å². The molecule has 0 aromatic carbocycles. The fourth-order valence-corrected chi connectivity index (χ4v) is 2.81. The number of ether oxygens (including phenoxy) is 1. The fraction of sp³-hybridized carbons (Fsp3) is 0.562. The van der Waals surface area contributed by atoms with Crippen LogP contribution in [0.4, 0.5) is 13.2 Å². The molecule has 1 fully saturated rings. The van der Waals surface area contributed by atoms with Crippen LogP contribution in [0.15, 0.2) is 12.3 Å². The molecular weight excluding hydrogens is 377 g/mol. The van der Waals surface area contributed by atoms with E-state index in [4.69, 9.17) is 21.4 Å². The first-order valence-corrected chi connectivity index (χ1v) is 8.23. The molecule has 1 unspecified atom stereocenters. The topological polar surface area (TPSA) is 79.7 Å². The molecule has 1 saturated heterocycles. The summed E-state index contributed by atoms with van der Waals surface area (Å²) >= 11 is 6.01. The van der Waals surface area contributed by atoms with Gasteiger partial charge < -0.3 is 14.7 Å². The Bertz CT molecular complexity index is 711. The molecule has 1 aromatic rings. The van der Waals surface area contributed by atoms with Crippen LogP contribution in [0.1, 0.15) is 30.6 Å². The number of carbonyl (C=O) groups excluding carboxylic acids is 1. The van der Waals surface area contributed by atoms with Gasteiger partial charge in [0.25, 0.3) is 5.91 Å². The van der Waals surface area contributed by atoms with Gasteiger partial charge in [0.05, 0.1) is 12.2 Å². The van der Waals surface area contributed by atoms with E-state index in [1.165, 1.54) is 6.07 Å². The summed E-state index contributed by atoms with van der Waals surface area (Å²) in [6, 6.07) is 1.25. The Balaban J connectivity index is 2.17. The highest BCUT2D eigenvalue weighted by Crippen LogP contribution is 2.46. The maximum absolute atomic E-state index is 13.2. The number of hydrogen-bond donors (Lipinski definition) is 1. The molecule has 0 bridgehead atoms. The number of nitrogens with zero attached hydrogens (tertiary/aromatic N) is 2. The number of hydrogen-bond acceptors (Lipinski definition) is 4. The Morgan fingerprint density at radius 2 is 2.12 bits per heavy atom. The van der Waals surface area contributed by atoms with Gasteiger partial charge in [0.15, 0.2) is 5.41 Å². The molecule has 0 spiro atoms. The molecule has 2 heterocycles. The molecule has 1 aliphatic rings. The Labute approximate surface area is 152 Å². The number of carbonyl (C=O) groups is 2. The minimum Gasteiger partial charge on any atom is -0.481 e. The van der Waals surface area contributed by atoms with Crippen LogP contribution in [0.5, 0.6) is 5.88 Å². The zero-order valence-electron chi connectivity index (χ0n) is 14.1. The number of rotatable bonds is 5. The Morgan fingerprint density at radius 1 is 1.46 bits per heavy atom. The van der Waals surface area contributed by atoms with E-state index in [-0.39, 0.29) is 28.9 Å². The molecule has 10 heteroatoms. The van der Waals surface area contributed by atoms with Crippen LogP contribution in [-0.4, -0.2) is 52.7 Å². The van der Waals surface area contributed by atoms with Crippen LogP contribution in [-0.2, 0) is 4.79 Å². The summed E-state index contributed by atoms with van der Waals surface area (Å²) in [4.78, 5) is 28.4. The van der Waals surface area contributed by atoms with Crippen LogP contribution in [0, 0.1) is 11.3 Å². The molecule has 1 amide bonds. The lowest BCUT2D eigenvalue weighted by molar-refractivity contribution is -0.227. The number of halogens is 4. The minimum absolute atomic E-state index is 0.0322. The highest BCUT2D eigenvalue weighted by Gasteiger charge is 2.64. The Morgan fingerprint density at radius 3 is 2.58 bits per heavy atom. The molecule has 1 aliphatic heterocycles. The van der Waals surface area contributed by atoms with Crippen molar-refractivity contribution in [3.63, 3.8) is 0 Å². The second-order valence-corrected chi connectivity index (χ2v) is 6.98. The summed E-state index contributed by atoms with van der Waals surface area (Å²) in [5.41, 5.74) is -2.99. The van der Waals surface area contributed by atoms with Gasteiger partial charge in [-0.25, -0.2) is 4.98 Å². The lowest BCUT2D eigenvalue weighted by Gasteiger charge is -2.27. The van der Waals surface area contributed by atoms with Crippen LogP contribution < -0.4 is 4.74 Å². The smallest absolute Gasteiger partial charge is 0.406 e. The molecule has 6 nitrogen and oxygen atoms in total. The van der Waals surface area contributed by atoms with Gasteiger partial charge in [-0.3, -0.25) is 9.59 Å². The molecule has 0 radical (unpaired) electrons. The van der Waals surface area contributed by atoms with Crippen molar-refractivity contribution in [2.24, 2.45) is 11.3 Å². The number of amides is 1. The van der Waals surface area contributed by atoms with Gasteiger partial charge in [0.2, 0.25) is 5.88 Å². The van der Waals surface area contributed by atoms with Crippen molar-refractivity contribution in [2.75, 3.05) is 19.7 Å². The summed E-state index contributed by atoms with van der Waals surface area (Å²) in [5.74, 6) is -2.41. The first-order valence-electron chi connectivity index (χ1n) is 7.85. The second kappa shape index (κ2) is 7.30. The molecule has 0 aliphatic carbocycles. The Hall–Kier alpha value is -2.03. The average Bonchev–Trinajstić information content (AvgIpc) is 2.99. The summed E-state index contributed by atoms with van der Waals surface area (Å²) in [5, 5.41) is 9.10. The summed E-state index contributed by atoms with van der Waals surface area (Å²) in [7, 11) is 0. The van der Waals surface area contributed by atoms with Gasteiger partial charge >= 0.3 is 12.1 Å². The third-order valence-corrected chi connectivity index (χ3v) is 4.39. The molecule has 1 aromatic heterocycles. The number of likely N-dealkylation sites (tertiary alicyclic amines) is 1. The van der Waals surface area contributed by atoms with Gasteiger partial charge in [0.1, 0.15) is 5.02 Å². The van der Waals surface area contributed by atoms with E-state index in [0.29, 0.717) is 6.61 Å². The number of aromatic nitrogens is 1. The van der Waals surface area contributed by atoms with Gasteiger partial charge in [-0.2, -0.15) is 13.2 Å². The maximum Gasteiger partial charge on any atom is 0.406 e. The maximum atomic E-state index is 13.2. The van der Waals surface area contributed by atoms with Crippen molar-refractivity contribution in [3.05, 3.63) is 22.8 Å². The van der Waals surface area contributed by atoms with E-state index in [2.05, 4.69) is 4.98 Å². The van der Waals surface area contributed by atoms with E-state index in [9.17, 15) is 22.8 Å². The van der Waals surface area contributed by atoms with Crippen LogP contribution in [0.3, 0.4) is 0 Å². The van der Waals surface area contributed by atoms with E-state index >= 15 is 0 Å². The number of aliphatic carboxylic acids is 1. The monoisotopic (exact) mass is 394 g/mol. The molecule has 1 atom stereocenters. The number of pyridine rings is 1. The van der Waals surface area contributed by atoms with Crippen LogP contribution in [0.25, 0.3) is 0 Å². The third-order valence-electron chi connectivity index (χ3n) is 4.12. The van der Waals surface area contributed by atoms with Crippen LogP contribution >= 0.6 is 11.6 Å². The number of carboxylic acid groups (broad SMARTS) is 1. The first kappa shape index (κ1) is 20.3. The van der Waals surface area contributed by atoms with Crippen molar-refractivity contribution in [1.82, 2.24) is 9.88 Å². The lowest BCUT2D eigenvalue weighted by Crippen LogP contribution is -2.47. The predicted octanol–water partition coefficient (Wildman–Crippen LogP) is 3.25.